The molecule has 3 amide bonds. The van der Waals surface area contributed by atoms with E-state index in [0.717, 1.165) is 26.1 Å². The number of rotatable bonds is 7. The predicted octanol–water partition coefficient (Wildman–Crippen LogP) is -0.0754. The third kappa shape index (κ3) is 5.30. The highest BCUT2D eigenvalue weighted by Crippen LogP contribution is 2.13. The van der Waals surface area contributed by atoms with Crippen LogP contribution in [0.15, 0.2) is 0 Å². The molecule has 0 radical (unpaired) electrons. The topological polar surface area (TPSA) is 98.2 Å². The zero-order chi connectivity index (χ0) is 17.5. The van der Waals surface area contributed by atoms with Gasteiger partial charge in [-0.1, -0.05) is 0 Å². The zero-order valence-electron chi connectivity index (χ0n) is 13.9. The minimum atomic E-state index is -0.955. The molecule has 134 valence electrons. The smallest absolute Gasteiger partial charge is 0.303 e. The highest BCUT2D eigenvalue weighted by Gasteiger charge is 2.26. The van der Waals surface area contributed by atoms with E-state index in [2.05, 4.69) is 4.90 Å². The lowest BCUT2D eigenvalue weighted by atomic mass is 10.1. The first-order chi connectivity index (χ1) is 11.5. The van der Waals surface area contributed by atoms with E-state index in [-0.39, 0.29) is 30.6 Å². The van der Waals surface area contributed by atoms with Gasteiger partial charge in [0.25, 0.3) is 0 Å². The number of hydrogen-bond acceptors (Lipinski definition) is 5. The normalized spacial score (nSPS) is 19.7. The van der Waals surface area contributed by atoms with Gasteiger partial charge in [0, 0.05) is 52.0 Å². The van der Waals surface area contributed by atoms with Gasteiger partial charge in [0.1, 0.15) is 0 Å². The molecule has 0 atom stereocenters. The van der Waals surface area contributed by atoms with Crippen LogP contribution in [0, 0.1) is 0 Å². The maximum absolute atomic E-state index is 11.9. The van der Waals surface area contributed by atoms with Gasteiger partial charge in [-0.3, -0.25) is 29.0 Å². The van der Waals surface area contributed by atoms with E-state index in [9.17, 15) is 19.2 Å². The van der Waals surface area contributed by atoms with E-state index in [0.29, 0.717) is 38.9 Å². The fourth-order valence-electron chi connectivity index (χ4n) is 3.09. The Kier molecular flexibility index (Phi) is 6.72. The minimum absolute atomic E-state index is 0.0501. The van der Waals surface area contributed by atoms with Crippen molar-refractivity contribution >= 4 is 23.7 Å². The van der Waals surface area contributed by atoms with Gasteiger partial charge in [0.2, 0.25) is 17.7 Å². The van der Waals surface area contributed by atoms with E-state index < -0.39 is 5.97 Å². The van der Waals surface area contributed by atoms with Crippen LogP contribution in [0.4, 0.5) is 0 Å². The van der Waals surface area contributed by atoms with Crippen LogP contribution in [0.25, 0.3) is 0 Å². The van der Waals surface area contributed by atoms with Gasteiger partial charge in [0.05, 0.1) is 6.42 Å². The van der Waals surface area contributed by atoms with Crippen molar-refractivity contribution in [3.8, 4) is 0 Å². The molecule has 0 aliphatic carbocycles. The highest BCUT2D eigenvalue weighted by molar-refractivity contribution is 5.97. The third-order valence-corrected chi connectivity index (χ3v) is 4.52. The highest BCUT2D eigenvalue weighted by atomic mass is 16.4. The largest absolute Gasteiger partial charge is 0.481 e. The van der Waals surface area contributed by atoms with Crippen LogP contribution in [0.1, 0.15) is 38.5 Å². The molecular formula is C16H25N3O5. The average Bonchev–Trinajstić information content (AvgIpc) is 2.56. The van der Waals surface area contributed by atoms with Crippen LogP contribution in [-0.4, -0.2) is 82.8 Å². The van der Waals surface area contributed by atoms with Gasteiger partial charge in [0.15, 0.2) is 0 Å². The van der Waals surface area contributed by atoms with Crippen LogP contribution in [0.5, 0.6) is 0 Å². The molecule has 2 rings (SSSR count). The standard InChI is InChI=1S/C16H25N3O5/c20-13(5-6-16(23)24)18-11-9-17(10-12-18)7-2-8-19-14(21)3-1-4-15(19)22/h1-12H2,(H,23,24). The molecule has 24 heavy (non-hydrogen) atoms. The fraction of sp³-hybridized carbons (Fsp3) is 0.750. The molecule has 2 aliphatic rings. The van der Waals surface area contributed by atoms with Gasteiger partial charge in [-0.05, 0) is 19.4 Å². The molecule has 0 spiro atoms. The van der Waals surface area contributed by atoms with Crippen LogP contribution >= 0.6 is 0 Å². The summed E-state index contributed by atoms with van der Waals surface area (Å²) in [5.74, 6) is -1.20. The summed E-state index contributed by atoms with van der Waals surface area (Å²) in [6.45, 7) is 3.92. The molecule has 0 unspecified atom stereocenters. The number of likely N-dealkylation sites (tertiary alicyclic amines) is 1. The molecule has 2 saturated heterocycles. The Bertz CT molecular complexity index is 484. The summed E-state index contributed by atoms with van der Waals surface area (Å²) in [5.41, 5.74) is 0. The van der Waals surface area contributed by atoms with Gasteiger partial charge in [-0.15, -0.1) is 0 Å². The Morgan fingerprint density at radius 2 is 1.54 bits per heavy atom. The molecule has 0 saturated carbocycles. The second-order valence-corrected chi connectivity index (χ2v) is 6.26. The van der Waals surface area contributed by atoms with E-state index in [1.807, 2.05) is 0 Å². The van der Waals surface area contributed by atoms with Crippen molar-refractivity contribution in [1.29, 1.82) is 0 Å². The minimum Gasteiger partial charge on any atom is -0.481 e. The van der Waals surface area contributed by atoms with Crippen LogP contribution in [0.2, 0.25) is 0 Å². The van der Waals surface area contributed by atoms with Gasteiger partial charge < -0.3 is 10.0 Å². The van der Waals surface area contributed by atoms with Crippen LogP contribution < -0.4 is 0 Å². The Labute approximate surface area is 141 Å². The number of piperidine rings is 1. The molecule has 8 nitrogen and oxygen atoms in total. The van der Waals surface area contributed by atoms with Crippen LogP contribution in [0.3, 0.4) is 0 Å². The number of carbonyl (C=O) groups excluding carboxylic acids is 3. The van der Waals surface area contributed by atoms with Crippen molar-refractivity contribution in [1.82, 2.24) is 14.7 Å². The Hall–Kier alpha value is -1.96. The Balaban J connectivity index is 1.64. The third-order valence-electron chi connectivity index (χ3n) is 4.52. The molecule has 8 heteroatoms. The quantitative estimate of drug-likeness (QED) is 0.652. The van der Waals surface area contributed by atoms with E-state index in [4.69, 9.17) is 5.11 Å². The molecule has 2 fully saturated rings. The number of carbonyl (C=O) groups is 4. The van der Waals surface area contributed by atoms with E-state index in [1.54, 1.807) is 4.90 Å². The number of hydrogen-bond donors (Lipinski definition) is 1. The van der Waals surface area contributed by atoms with Crippen molar-refractivity contribution in [2.75, 3.05) is 39.3 Å². The zero-order valence-corrected chi connectivity index (χ0v) is 13.9. The van der Waals surface area contributed by atoms with E-state index >= 15 is 0 Å². The lowest BCUT2D eigenvalue weighted by Crippen LogP contribution is -2.49. The number of imide groups is 1. The second-order valence-electron chi connectivity index (χ2n) is 6.26. The first-order valence-corrected chi connectivity index (χ1v) is 8.52. The summed E-state index contributed by atoms with van der Waals surface area (Å²) in [6.07, 6.45) is 2.24. The first-order valence-electron chi connectivity index (χ1n) is 8.52. The summed E-state index contributed by atoms with van der Waals surface area (Å²) in [4.78, 5) is 51.1. The summed E-state index contributed by atoms with van der Waals surface area (Å²) in [7, 11) is 0. The van der Waals surface area contributed by atoms with Gasteiger partial charge in [-0.25, -0.2) is 0 Å². The monoisotopic (exact) mass is 339 g/mol. The second kappa shape index (κ2) is 8.77. The predicted molar refractivity (Wildman–Crippen MR) is 85.1 cm³/mol. The van der Waals surface area contributed by atoms with E-state index in [1.165, 1.54) is 4.90 Å². The van der Waals surface area contributed by atoms with Gasteiger partial charge in [-0.2, -0.15) is 0 Å². The maximum Gasteiger partial charge on any atom is 0.303 e. The Morgan fingerprint density at radius 1 is 0.917 bits per heavy atom. The van der Waals surface area contributed by atoms with Crippen molar-refractivity contribution < 1.29 is 24.3 Å². The molecule has 2 heterocycles. The van der Waals surface area contributed by atoms with Crippen molar-refractivity contribution in [2.45, 2.75) is 38.5 Å². The molecule has 1 N–H and O–H groups in total. The molecule has 0 bridgehead atoms. The Morgan fingerprint density at radius 3 is 2.12 bits per heavy atom. The number of nitrogens with zero attached hydrogens (tertiary/aromatic N) is 3. The first kappa shape index (κ1) is 18.4. The molecular weight excluding hydrogens is 314 g/mol. The maximum atomic E-state index is 11.9. The number of carboxylic acid groups (broad SMARTS) is 1. The summed E-state index contributed by atoms with van der Waals surface area (Å²) >= 11 is 0. The molecule has 0 aromatic carbocycles. The number of amides is 3. The fourth-order valence-corrected chi connectivity index (χ4v) is 3.09. The summed E-state index contributed by atoms with van der Waals surface area (Å²) in [6, 6.07) is 0. The SMILES string of the molecule is O=C(O)CCC(=O)N1CCN(CCCN2C(=O)CCCC2=O)CC1. The lowest BCUT2D eigenvalue weighted by molar-refractivity contribution is -0.148. The summed E-state index contributed by atoms with van der Waals surface area (Å²) < 4.78 is 0. The number of carboxylic acids is 1. The summed E-state index contributed by atoms with van der Waals surface area (Å²) in [5, 5.41) is 8.61. The number of aliphatic carboxylic acids is 1. The van der Waals surface area contributed by atoms with Gasteiger partial charge >= 0.3 is 5.97 Å². The van der Waals surface area contributed by atoms with Crippen molar-refractivity contribution in [3.63, 3.8) is 0 Å². The lowest BCUT2D eigenvalue weighted by Gasteiger charge is -2.35. The average molecular weight is 339 g/mol. The van der Waals surface area contributed by atoms with Crippen molar-refractivity contribution in [2.24, 2.45) is 0 Å². The number of piperazine rings is 1. The molecule has 0 aromatic heterocycles. The molecule has 0 aromatic rings. The molecule has 2 aliphatic heterocycles. The van der Waals surface area contributed by atoms with Crippen LogP contribution in [-0.2, 0) is 19.2 Å². The van der Waals surface area contributed by atoms with Crippen molar-refractivity contribution in [3.05, 3.63) is 0 Å².